The Balaban J connectivity index is 2.18. The second-order valence-corrected chi connectivity index (χ2v) is 5.30. The molecule has 0 saturated carbocycles. The van der Waals surface area contributed by atoms with E-state index >= 15 is 0 Å². The quantitative estimate of drug-likeness (QED) is 0.893. The Morgan fingerprint density at radius 3 is 2.95 bits per heavy atom. The fraction of sp³-hybridized carbons (Fsp3) is 0.471. The lowest BCUT2D eigenvalue weighted by atomic mass is 10.1. The maximum atomic E-state index is 5.87. The van der Waals surface area contributed by atoms with Gasteiger partial charge in [-0.05, 0) is 44.2 Å². The smallest absolute Gasteiger partial charge is 0.145 e. The van der Waals surface area contributed by atoms with Gasteiger partial charge in [0, 0.05) is 23.3 Å². The summed E-state index contributed by atoms with van der Waals surface area (Å²) in [5, 5.41) is 4.73. The van der Waals surface area contributed by atoms with Crippen molar-refractivity contribution in [2.75, 3.05) is 18.5 Å². The first-order valence-electron chi connectivity index (χ1n) is 7.66. The molecule has 20 heavy (non-hydrogen) atoms. The van der Waals surface area contributed by atoms with Crippen LogP contribution in [0.2, 0.25) is 0 Å². The largest absolute Gasteiger partial charge is 0.491 e. The van der Waals surface area contributed by atoms with Gasteiger partial charge in [0.15, 0.2) is 0 Å². The number of anilines is 1. The molecule has 0 fully saturated rings. The van der Waals surface area contributed by atoms with Crippen LogP contribution in [0.4, 0.5) is 5.69 Å². The van der Waals surface area contributed by atoms with Crippen LogP contribution in [-0.2, 0) is 12.8 Å². The average molecular weight is 270 g/mol. The summed E-state index contributed by atoms with van der Waals surface area (Å²) in [4.78, 5) is 4.89. The molecule has 0 spiro atoms. The van der Waals surface area contributed by atoms with E-state index in [-0.39, 0.29) is 0 Å². The van der Waals surface area contributed by atoms with Crippen molar-refractivity contribution < 1.29 is 4.74 Å². The summed E-state index contributed by atoms with van der Waals surface area (Å²) in [5.74, 6) is 0.915. The summed E-state index contributed by atoms with van der Waals surface area (Å²) in [5.41, 5.74) is 4.94. The number of nitrogens with one attached hydrogen (secondary N) is 1. The van der Waals surface area contributed by atoms with E-state index in [1.807, 2.05) is 6.07 Å². The molecule has 1 aromatic carbocycles. The van der Waals surface area contributed by atoms with Gasteiger partial charge in [-0.15, -0.1) is 0 Å². The lowest BCUT2D eigenvalue weighted by molar-refractivity contribution is 0.320. The minimum Gasteiger partial charge on any atom is -0.491 e. The van der Waals surface area contributed by atoms with E-state index in [2.05, 4.69) is 31.3 Å². The summed E-state index contributed by atoms with van der Waals surface area (Å²) in [7, 11) is 0. The summed E-state index contributed by atoms with van der Waals surface area (Å²) < 4.78 is 5.87. The zero-order chi connectivity index (χ0) is 13.9. The molecule has 0 unspecified atom stereocenters. The van der Waals surface area contributed by atoms with Crippen molar-refractivity contribution in [3.8, 4) is 5.75 Å². The minimum absolute atomic E-state index is 0.744. The number of hydrogen-bond donors (Lipinski definition) is 1. The van der Waals surface area contributed by atoms with Crippen LogP contribution < -0.4 is 10.1 Å². The number of para-hydroxylation sites is 1. The van der Waals surface area contributed by atoms with Crippen molar-refractivity contribution in [3.05, 3.63) is 29.5 Å². The van der Waals surface area contributed by atoms with Crippen LogP contribution in [0.3, 0.4) is 0 Å². The number of benzene rings is 1. The topological polar surface area (TPSA) is 34.1 Å². The van der Waals surface area contributed by atoms with Gasteiger partial charge in [0.25, 0.3) is 0 Å². The van der Waals surface area contributed by atoms with Gasteiger partial charge in [-0.3, -0.25) is 0 Å². The standard InChI is InChI=1S/C17H22N2O/c1-3-11-20-15-10-6-8-13-16(18-4-2)12-7-5-9-14(12)19-17(13)15/h6,8,10H,3-5,7,9,11H2,1-2H3,(H,18,19). The molecule has 0 amide bonds. The first kappa shape index (κ1) is 13.2. The first-order valence-corrected chi connectivity index (χ1v) is 7.66. The van der Waals surface area contributed by atoms with E-state index in [1.165, 1.54) is 28.8 Å². The van der Waals surface area contributed by atoms with Gasteiger partial charge in [0.2, 0.25) is 0 Å². The van der Waals surface area contributed by atoms with E-state index in [4.69, 9.17) is 9.72 Å². The number of pyridine rings is 1. The van der Waals surface area contributed by atoms with Crippen molar-refractivity contribution in [2.24, 2.45) is 0 Å². The third-order valence-electron chi connectivity index (χ3n) is 3.82. The lowest BCUT2D eigenvalue weighted by Crippen LogP contribution is -2.05. The first-order chi connectivity index (χ1) is 9.85. The number of ether oxygens (including phenoxy) is 1. The molecule has 1 N–H and O–H groups in total. The van der Waals surface area contributed by atoms with Gasteiger partial charge in [-0.1, -0.05) is 19.1 Å². The zero-order valence-electron chi connectivity index (χ0n) is 12.3. The van der Waals surface area contributed by atoms with Crippen LogP contribution >= 0.6 is 0 Å². The molecule has 2 aromatic rings. The third-order valence-corrected chi connectivity index (χ3v) is 3.82. The Morgan fingerprint density at radius 2 is 2.15 bits per heavy atom. The van der Waals surface area contributed by atoms with Crippen molar-refractivity contribution in [2.45, 2.75) is 39.5 Å². The van der Waals surface area contributed by atoms with Gasteiger partial charge >= 0.3 is 0 Å². The van der Waals surface area contributed by atoms with Gasteiger partial charge < -0.3 is 10.1 Å². The molecule has 0 saturated heterocycles. The van der Waals surface area contributed by atoms with Crippen LogP contribution in [0.5, 0.6) is 5.75 Å². The molecular formula is C17H22N2O. The number of aryl methyl sites for hydroxylation is 1. The van der Waals surface area contributed by atoms with Gasteiger partial charge in [0.1, 0.15) is 11.3 Å². The molecule has 106 valence electrons. The van der Waals surface area contributed by atoms with Crippen LogP contribution in [0.25, 0.3) is 10.9 Å². The fourth-order valence-electron chi connectivity index (χ4n) is 2.96. The minimum atomic E-state index is 0.744. The van der Waals surface area contributed by atoms with Crippen LogP contribution in [0.15, 0.2) is 18.2 Å². The molecule has 3 heteroatoms. The predicted octanol–water partition coefficient (Wildman–Crippen LogP) is 3.94. The van der Waals surface area contributed by atoms with Crippen molar-refractivity contribution in [3.63, 3.8) is 0 Å². The van der Waals surface area contributed by atoms with Gasteiger partial charge in [-0.25, -0.2) is 4.98 Å². The molecule has 3 rings (SSSR count). The van der Waals surface area contributed by atoms with E-state index in [9.17, 15) is 0 Å². The summed E-state index contributed by atoms with van der Waals surface area (Å²) in [6, 6.07) is 6.25. The second-order valence-electron chi connectivity index (χ2n) is 5.30. The Bertz CT molecular complexity index is 622. The monoisotopic (exact) mass is 270 g/mol. The molecule has 0 aliphatic heterocycles. The lowest BCUT2D eigenvalue weighted by Gasteiger charge is -2.15. The number of fused-ring (bicyclic) bond motifs is 2. The molecule has 0 atom stereocenters. The molecule has 1 heterocycles. The zero-order valence-corrected chi connectivity index (χ0v) is 12.3. The number of hydrogen-bond acceptors (Lipinski definition) is 3. The summed E-state index contributed by atoms with van der Waals surface area (Å²) in [6.07, 6.45) is 4.45. The Kier molecular flexibility index (Phi) is 3.77. The van der Waals surface area contributed by atoms with E-state index in [1.54, 1.807) is 0 Å². The Hall–Kier alpha value is -1.77. The number of rotatable bonds is 5. The van der Waals surface area contributed by atoms with Crippen molar-refractivity contribution >= 4 is 16.6 Å². The Labute approximate surface area is 120 Å². The maximum Gasteiger partial charge on any atom is 0.145 e. The van der Waals surface area contributed by atoms with Crippen LogP contribution in [-0.4, -0.2) is 18.1 Å². The molecule has 1 aliphatic rings. The molecule has 0 radical (unpaired) electrons. The molecular weight excluding hydrogens is 248 g/mol. The average Bonchev–Trinajstić information content (AvgIpc) is 2.93. The summed E-state index contributed by atoms with van der Waals surface area (Å²) >= 11 is 0. The molecule has 1 aliphatic carbocycles. The van der Waals surface area contributed by atoms with Crippen LogP contribution in [0, 0.1) is 0 Å². The number of nitrogens with zero attached hydrogens (tertiary/aromatic N) is 1. The van der Waals surface area contributed by atoms with E-state index in [0.717, 1.165) is 43.7 Å². The highest BCUT2D eigenvalue weighted by atomic mass is 16.5. The van der Waals surface area contributed by atoms with Crippen LogP contribution in [0.1, 0.15) is 37.9 Å². The van der Waals surface area contributed by atoms with Crippen molar-refractivity contribution in [1.82, 2.24) is 4.98 Å². The normalized spacial score (nSPS) is 13.5. The van der Waals surface area contributed by atoms with Gasteiger partial charge in [0.05, 0.1) is 6.61 Å². The summed E-state index contributed by atoms with van der Waals surface area (Å²) in [6.45, 7) is 5.95. The number of aromatic nitrogens is 1. The highest BCUT2D eigenvalue weighted by Crippen LogP contribution is 2.37. The maximum absolute atomic E-state index is 5.87. The van der Waals surface area contributed by atoms with Gasteiger partial charge in [-0.2, -0.15) is 0 Å². The SMILES string of the molecule is CCCOc1cccc2c(NCC)c3c(nc12)CCC3. The van der Waals surface area contributed by atoms with E-state index in [0.29, 0.717) is 0 Å². The van der Waals surface area contributed by atoms with Crippen molar-refractivity contribution in [1.29, 1.82) is 0 Å². The molecule has 1 aromatic heterocycles. The second kappa shape index (κ2) is 5.70. The highest BCUT2D eigenvalue weighted by molar-refractivity contribution is 5.97. The fourth-order valence-corrected chi connectivity index (χ4v) is 2.96. The Morgan fingerprint density at radius 1 is 1.25 bits per heavy atom. The molecule has 0 bridgehead atoms. The third kappa shape index (κ3) is 2.21. The molecule has 3 nitrogen and oxygen atoms in total. The predicted molar refractivity (Wildman–Crippen MR) is 83.7 cm³/mol. The highest BCUT2D eigenvalue weighted by Gasteiger charge is 2.20. The van der Waals surface area contributed by atoms with E-state index < -0.39 is 0 Å².